The molecule has 0 spiro atoms. The highest BCUT2D eigenvalue weighted by atomic mass is 16.5. The van der Waals surface area contributed by atoms with Gasteiger partial charge in [-0.3, -0.25) is 4.68 Å². The third-order valence-corrected chi connectivity index (χ3v) is 3.03. The van der Waals surface area contributed by atoms with Crippen LogP contribution in [0.4, 0.5) is 0 Å². The second-order valence-corrected chi connectivity index (χ2v) is 4.21. The van der Waals surface area contributed by atoms with E-state index < -0.39 is 0 Å². The van der Waals surface area contributed by atoms with E-state index in [-0.39, 0.29) is 6.04 Å². The van der Waals surface area contributed by atoms with E-state index in [9.17, 15) is 0 Å². The molecule has 0 amide bonds. The van der Waals surface area contributed by atoms with Crippen molar-refractivity contribution in [1.29, 1.82) is 0 Å². The molecule has 1 aliphatic rings. The van der Waals surface area contributed by atoms with E-state index in [1.54, 1.807) is 6.20 Å². The van der Waals surface area contributed by atoms with E-state index in [1.165, 1.54) is 12.8 Å². The first-order valence-electron chi connectivity index (χ1n) is 5.62. The SMILES string of the molecule is Cn1nccc1C(N)CC1CCCCO1. The van der Waals surface area contributed by atoms with Crippen LogP contribution in [0.3, 0.4) is 0 Å². The van der Waals surface area contributed by atoms with Crippen molar-refractivity contribution < 1.29 is 4.74 Å². The summed E-state index contributed by atoms with van der Waals surface area (Å²) in [6.45, 7) is 0.892. The number of aryl methyl sites for hydroxylation is 1. The number of nitrogens with zero attached hydrogens (tertiary/aromatic N) is 2. The van der Waals surface area contributed by atoms with E-state index in [4.69, 9.17) is 10.5 Å². The van der Waals surface area contributed by atoms with Gasteiger partial charge in [0.15, 0.2) is 0 Å². The molecule has 0 saturated carbocycles. The van der Waals surface area contributed by atoms with Crippen molar-refractivity contribution in [3.63, 3.8) is 0 Å². The molecular formula is C11H19N3O. The van der Waals surface area contributed by atoms with Crippen LogP contribution < -0.4 is 5.73 Å². The Hall–Kier alpha value is -0.870. The van der Waals surface area contributed by atoms with Gasteiger partial charge in [0.1, 0.15) is 0 Å². The molecular weight excluding hydrogens is 190 g/mol. The predicted molar refractivity (Wildman–Crippen MR) is 58.3 cm³/mol. The molecule has 0 aliphatic carbocycles. The van der Waals surface area contributed by atoms with E-state index >= 15 is 0 Å². The van der Waals surface area contributed by atoms with Gasteiger partial charge in [0.05, 0.1) is 11.8 Å². The monoisotopic (exact) mass is 209 g/mol. The number of ether oxygens (including phenoxy) is 1. The molecule has 15 heavy (non-hydrogen) atoms. The fourth-order valence-corrected chi connectivity index (χ4v) is 2.15. The molecule has 2 atom stereocenters. The first kappa shape index (κ1) is 10.6. The van der Waals surface area contributed by atoms with Crippen molar-refractivity contribution in [2.24, 2.45) is 12.8 Å². The Morgan fingerprint density at radius 3 is 3.13 bits per heavy atom. The van der Waals surface area contributed by atoms with Crippen molar-refractivity contribution in [2.75, 3.05) is 6.61 Å². The van der Waals surface area contributed by atoms with Crippen molar-refractivity contribution in [3.8, 4) is 0 Å². The standard InChI is InChI=1S/C11H19N3O/c1-14-11(5-6-13-14)10(12)8-9-4-2-3-7-15-9/h5-6,9-10H,2-4,7-8,12H2,1H3. The minimum absolute atomic E-state index is 0.0422. The van der Waals surface area contributed by atoms with Crippen LogP contribution in [0.5, 0.6) is 0 Å². The third-order valence-electron chi connectivity index (χ3n) is 3.03. The number of nitrogens with two attached hydrogens (primary N) is 1. The summed E-state index contributed by atoms with van der Waals surface area (Å²) < 4.78 is 7.52. The van der Waals surface area contributed by atoms with Crippen LogP contribution in [0.1, 0.15) is 37.4 Å². The summed E-state index contributed by atoms with van der Waals surface area (Å²) >= 11 is 0. The Morgan fingerprint density at radius 1 is 1.67 bits per heavy atom. The molecule has 0 bridgehead atoms. The van der Waals surface area contributed by atoms with Crippen LogP contribution in [0.15, 0.2) is 12.3 Å². The minimum Gasteiger partial charge on any atom is -0.378 e. The van der Waals surface area contributed by atoms with Gasteiger partial charge in [0, 0.05) is 25.9 Å². The zero-order chi connectivity index (χ0) is 10.7. The van der Waals surface area contributed by atoms with E-state index in [2.05, 4.69) is 5.10 Å². The lowest BCUT2D eigenvalue weighted by Crippen LogP contribution is -2.26. The lowest BCUT2D eigenvalue weighted by atomic mass is 10.0. The van der Waals surface area contributed by atoms with Crippen molar-refractivity contribution in [2.45, 2.75) is 37.8 Å². The summed E-state index contributed by atoms with van der Waals surface area (Å²) in [6.07, 6.45) is 6.63. The summed E-state index contributed by atoms with van der Waals surface area (Å²) in [6, 6.07) is 2.02. The lowest BCUT2D eigenvalue weighted by molar-refractivity contribution is 0.00691. The highest BCUT2D eigenvalue weighted by Gasteiger charge is 2.19. The topological polar surface area (TPSA) is 53.1 Å². The summed E-state index contributed by atoms with van der Waals surface area (Å²) in [4.78, 5) is 0. The Morgan fingerprint density at radius 2 is 2.53 bits per heavy atom. The maximum Gasteiger partial charge on any atom is 0.0593 e. The lowest BCUT2D eigenvalue weighted by Gasteiger charge is -2.25. The molecule has 2 rings (SSSR count). The highest BCUT2D eigenvalue weighted by molar-refractivity contribution is 5.06. The largest absolute Gasteiger partial charge is 0.378 e. The summed E-state index contributed by atoms with van der Waals surface area (Å²) in [5.74, 6) is 0. The quantitative estimate of drug-likeness (QED) is 0.818. The molecule has 0 radical (unpaired) electrons. The minimum atomic E-state index is 0.0422. The normalized spacial score (nSPS) is 24.0. The van der Waals surface area contributed by atoms with Gasteiger partial charge >= 0.3 is 0 Å². The number of aromatic nitrogens is 2. The van der Waals surface area contributed by atoms with Crippen LogP contribution in [0, 0.1) is 0 Å². The van der Waals surface area contributed by atoms with Crippen LogP contribution in [-0.4, -0.2) is 22.5 Å². The smallest absolute Gasteiger partial charge is 0.0593 e. The fourth-order valence-electron chi connectivity index (χ4n) is 2.15. The van der Waals surface area contributed by atoms with Crippen molar-refractivity contribution in [3.05, 3.63) is 18.0 Å². The first-order valence-corrected chi connectivity index (χ1v) is 5.62. The summed E-state index contributed by atoms with van der Waals surface area (Å²) in [5.41, 5.74) is 7.22. The van der Waals surface area contributed by atoms with Gasteiger partial charge in [-0.25, -0.2) is 0 Å². The third kappa shape index (κ3) is 2.58. The van der Waals surface area contributed by atoms with Crippen LogP contribution in [0.25, 0.3) is 0 Å². The molecule has 2 heterocycles. The maximum absolute atomic E-state index is 6.13. The van der Waals surface area contributed by atoms with Crippen LogP contribution >= 0.6 is 0 Å². The molecule has 4 heteroatoms. The summed E-state index contributed by atoms with van der Waals surface area (Å²) in [5, 5.41) is 4.13. The molecule has 2 unspecified atom stereocenters. The second kappa shape index (κ2) is 4.77. The Balaban J connectivity index is 1.91. The average molecular weight is 209 g/mol. The van der Waals surface area contributed by atoms with E-state index in [0.29, 0.717) is 6.10 Å². The first-order chi connectivity index (χ1) is 7.27. The fraction of sp³-hybridized carbons (Fsp3) is 0.727. The van der Waals surface area contributed by atoms with Crippen LogP contribution in [0.2, 0.25) is 0 Å². The number of hydrogen-bond donors (Lipinski definition) is 1. The molecule has 1 aromatic rings. The van der Waals surface area contributed by atoms with Crippen LogP contribution in [-0.2, 0) is 11.8 Å². The second-order valence-electron chi connectivity index (χ2n) is 4.21. The van der Waals surface area contributed by atoms with Crippen molar-refractivity contribution >= 4 is 0 Å². The molecule has 1 fully saturated rings. The molecule has 4 nitrogen and oxygen atoms in total. The molecule has 0 aromatic carbocycles. The average Bonchev–Trinajstić information content (AvgIpc) is 2.66. The van der Waals surface area contributed by atoms with Gasteiger partial charge < -0.3 is 10.5 Å². The van der Waals surface area contributed by atoms with Gasteiger partial charge in [-0.2, -0.15) is 5.10 Å². The Bertz CT molecular complexity index is 305. The molecule has 1 saturated heterocycles. The highest BCUT2D eigenvalue weighted by Crippen LogP contribution is 2.22. The zero-order valence-corrected chi connectivity index (χ0v) is 9.22. The number of rotatable bonds is 3. The summed E-state index contributed by atoms with van der Waals surface area (Å²) in [7, 11) is 1.93. The van der Waals surface area contributed by atoms with Gasteiger partial charge in [-0.05, 0) is 31.7 Å². The van der Waals surface area contributed by atoms with Gasteiger partial charge in [0.25, 0.3) is 0 Å². The van der Waals surface area contributed by atoms with E-state index in [0.717, 1.165) is 25.1 Å². The molecule has 1 aromatic heterocycles. The van der Waals surface area contributed by atoms with E-state index in [1.807, 2.05) is 17.8 Å². The Labute approximate surface area is 90.4 Å². The maximum atomic E-state index is 6.13. The number of hydrogen-bond acceptors (Lipinski definition) is 3. The van der Waals surface area contributed by atoms with Gasteiger partial charge in [-0.1, -0.05) is 0 Å². The van der Waals surface area contributed by atoms with Gasteiger partial charge in [-0.15, -0.1) is 0 Å². The zero-order valence-electron chi connectivity index (χ0n) is 9.22. The van der Waals surface area contributed by atoms with Gasteiger partial charge in [0.2, 0.25) is 0 Å². The molecule has 2 N–H and O–H groups in total. The molecule has 84 valence electrons. The van der Waals surface area contributed by atoms with Crippen molar-refractivity contribution in [1.82, 2.24) is 9.78 Å². The predicted octanol–water partition coefficient (Wildman–Crippen LogP) is 1.38. The molecule has 1 aliphatic heterocycles. The Kier molecular flexibility index (Phi) is 3.38.